The Hall–Kier alpha value is -0.930. The van der Waals surface area contributed by atoms with Crippen LogP contribution in [0.3, 0.4) is 0 Å². The molecule has 1 heterocycles. The predicted octanol–water partition coefficient (Wildman–Crippen LogP) is 0.454. The van der Waals surface area contributed by atoms with Crippen LogP contribution < -0.4 is 5.32 Å². The Morgan fingerprint density at radius 1 is 1.33 bits per heavy atom. The van der Waals surface area contributed by atoms with Gasteiger partial charge in [0.2, 0.25) is 5.91 Å². The number of aliphatic hydroxyl groups excluding tert-OH is 3. The molecule has 0 radical (unpaired) electrons. The second-order valence-corrected chi connectivity index (χ2v) is 6.32. The SMILES string of the molecule is CC(=O)N[C@@H]1[C@H](OCc2ccc(Cl)cc2Cl)O[C@H](CO)[C@@H](O)[C@@H]1O. The molecule has 1 fully saturated rings. The van der Waals surface area contributed by atoms with Gasteiger partial charge in [-0.2, -0.15) is 0 Å². The second-order valence-electron chi connectivity index (χ2n) is 5.48. The highest BCUT2D eigenvalue weighted by Crippen LogP contribution is 2.26. The molecule has 1 aliphatic rings. The van der Waals surface area contributed by atoms with Crippen molar-refractivity contribution in [1.82, 2.24) is 5.32 Å². The van der Waals surface area contributed by atoms with Crippen LogP contribution in [-0.2, 0) is 20.9 Å². The fourth-order valence-electron chi connectivity index (χ4n) is 2.42. The molecule has 4 N–H and O–H groups in total. The summed E-state index contributed by atoms with van der Waals surface area (Å²) in [5, 5.41) is 32.7. The van der Waals surface area contributed by atoms with Crippen LogP contribution in [0.2, 0.25) is 10.0 Å². The quantitative estimate of drug-likeness (QED) is 0.591. The smallest absolute Gasteiger partial charge is 0.217 e. The van der Waals surface area contributed by atoms with E-state index in [4.69, 9.17) is 32.7 Å². The molecule has 1 aromatic rings. The molecule has 0 unspecified atom stereocenters. The summed E-state index contributed by atoms with van der Waals surface area (Å²) >= 11 is 11.9. The number of hydrogen-bond acceptors (Lipinski definition) is 6. The van der Waals surface area contributed by atoms with Crippen molar-refractivity contribution in [2.75, 3.05) is 6.61 Å². The van der Waals surface area contributed by atoms with Gasteiger partial charge in [0.1, 0.15) is 24.4 Å². The maximum atomic E-state index is 11.3. The van der Waals surface area contributed by atoms with Gasteiger partial charge < -0.3 is 30.1 Å². The van der Waals surface area contributed by atoms with E-state index in [0.717, 1.165) is 0 Å². The van der Waals surface area contributed by atoms with E-state index in [9.17, 15) is 20.1 Å². The van der Waals surface area contributed by atoms with Crippen LogP contribution in [0.15, 0.2) is 18.2 Å². The summed E-state index contributed by atoms with van der Waals surface area (Å²) in [6.45, 7) is 0.786. The van der Waals surface area contributed by atoms with E-state index in [2.05, 4.69) is 5.32 Å². The first kappa shape index (κ1) is 19.4. The zero-order valence-electron chi connectivity index (χ0n) is 12.9. The lowest BCUT2D eigenvalue weighted by molar-refractivity contribution is -0.273. The summed E-state index contributed by atoms with van der Waals surface area (Å²) in [5.41, 5.74) is 0.632. The number of carbonyl (C=O) groups is 1. The number of benzene rings is 1. The van der Waals surface area contributed by atoms with E-state index in [1.807, 2.05) is 0 Å². The lowest BCUT2D eigenvalue weighted by Gasteiger charge is -2.42. The van der Waals surface area contributed by atoms with Gasteiger partial charge >= 0.3 is 0 Å². The summed E-state index contributed by atoms with van der Waals surface area (Å²) in [4.78, 5) is 11.3. The lowest BCUT2D eigenvalue weighted by atomic mass is 9.97. The fourth-order valence-corrected chi connectivity index (χ4v) is 2.89. The molecule has 0 aromatic heterocycles. The zero-order chi connectivity index (χ0) is 17.9. The van der Waals surface area contributed by atoms with Crippen molar-refractivity contribution in [3.05, 3.63) is 33.8 Å². The molecule has 2 rings (SSSR count). The van der Waals surface area contributed by atoms with Gasteiger partial charge in [-0.25, -0.2) is 0 Å². The Morgan fingerprint density at radius 2 is 2.04 bits per heavy atom. The second kappa shape index (κ2) is 8.44. The molecular weight excluding hydrogens is 361 g/mol. The van der Waals surface area contributed by atoms with Gasteiger partial charge in [0.25, 0.3) is 0 Å². The van der Waals surface area contributed by atoms with E-state index < -0.39 is 43.2 Å². The van der Waals surface area contributed by atoms with Crippen molar-refractivity contribution in [2.45, 2.75) is 44.2 Å². The van der Waals surface area contributed by atoms with Gasteiger partial charge in [-0.3, -0.25) is 4.79 Å². The van der Waals surface area contributed by atoms with Gasteiger partial charge in [0.05, 0.1) is 13.2 Å². The Bertz CT molecular complexity index is 587. The number of ether oxygens (including phenoxy) is 2. The maximum absolute atomic E-state index is 11.3. The zero-order valence-corrected chi connectivity index (χ0v) is 14.4. The molecule has 5 atom stereocenters. The van der Waals surface area contributed by atoms with E-state index in [0.29, 0.717) is 15.6 Å². The molecule has 1 amide bonds. The number of rotatable bonds is 5. The van der Waals surface area contributed by atoms with E-state index >= 15 is 0 Å². The first-order chi connectivity index (χ1) is 11.3. The summed E-state index contributed by atoms with van der Waals surface area (Å²) in [6, 6.07) is 3.89. The Balaban J connectivity index is 2.12. The highest BCUT2D eigenvalue weighted by Gasteiger charge is 2.45. The monoisotopic (exact) mass is 379 g/mol. The van der Waals surface area contributed by atoms with Crippen LogP contribution in [-0.4, -0.2) is 58.5 Å². The van der Waals surface area contributed by atoms with Crippen molar-refractivity contribution in [1.29, 1.82) is 0 Å². The number of hydrogen-bond donors (Lipinski definition) is 4. The normalized spacial score (nSPS) is 30.2. The fraction of sp³-hybridized carbons (Fsp3) is 0.533. The third-order valence-corrected chi connectivity index (χ3v) is 4.26. The molecule has 0 spiro atoms. The number of carbonyl (C=O) groups excluding carboxylic acids is 1. The topological polar surface area (TPSA) is 108 Å². The van der Waals surface area contributed by atoms with E-state index in [-0.39, 0.29) is 6.61 Å². The Kier molecular flexibility index (Phi) is 6.82. The van der Waals surface area contributed by atoms with Crippen LogP contribution in [0.25, 0.3) is 0 Å². The molecule has 0 aliphatic carbocycles. The van der Waals surface area contributed by atoms with Crippen LogP contribution >= 0.6 is 23.2 Å². The van der Waals surface area contributed by atoms with Crippen molar-refractivity contribution in [2.24, 2.45) is 0 Å². The Labute approximate surface area is 149 Å². The maximum Gasteiger partial charge on any atom is 0.217 e. The molecule has 1 saturated heterocycles. The molecule has 0 bridgehead atoms. The van der Waals surface area contributed by atoms with Gasteiger partial charge in [-0.1, -0.05) is 29.3 Å². The lowest BCUT2D eigenvalue weighted by Crippen LogP contribution is -2.64. The standard InChI is InChI=1S/C15H19Cl2NO6/c1-7(20)18-12-14(22)13(21)11(5-19)24-15(12)23-6-8-2-3-9(16)4-10(8)17/h2-4,11-15,19,21-22H,5-6H2,1H3,(H,18,20)/t11-,12+,13-,14-,15-/m1/s1. The predicted molar refractivity (Wildman–Crippen MR) is 86.6 cm³/mol. The van der Waals surface area contributed by atoms with Crippen LogP contribution in [0, 0.1) is 0 Å². The summed E-state index contributed by atoms with van der Waals surface area (Å²) < 4.78 is 11.1. The summed E-state index contributed by atoms with van der Waals surface area (Å²) in [6.07, 6.45) is -4.82. The third kappa shape index (κ3) is 4.58. The van der Waals surface area contributed by atoms with Gasteiger partial charge in [0, 0.05) is 17.0 Å². The average molecular weight is 380 g/mol. The largest absolute Gasteiger partial charge is 0.394 e. The van der Waals surface area contributed by atoms with E-state index in [1.165, 1.54) is 6.92 Å². The number of halogens is 2. The molecule has 1 aliphatic heterocycles. The molecule has 134 valence electrons. The van der Waals surface area contributed by atoms with E-state index in [1.54, 1.807) is 18.2 Å². The minimum atomic E-state index is -1.36. The van der Waals surface area contributed by atoms with Crippen molar-refractivity contribution in [3.8, 4) is 0 Å². The highest BCUT2D eigenvalue weighted by molar-refractivity contribution is 6.35. The van der Waals surface area contributed by atoms with Crippen LogP contribution in [0.4, 0.5) is 0 Å². The van der Waals surface area contributed by atoms with Gasteiger partial charge in [0.15, 0.2) is 6.29 Å². The van der Waals surface area contributed by atoms with Crippen LogP contribution in [0.5, 0.6) is 0 Å². The minimum absolute atomic E-state index is 0.0255. The minimum Gasteiger partial charge on any atom is -0.394 e. The molecular formula is C15H19Cl2NO6. The number of nitrogens with one attached hydrogen (secondary N) is 1. The Morgan fingerprint density at radius 3 is 2.62 bits per heavy atom. The molecule has 0 saturated carbocycles. The molecule has 7 nitrogen and oxygen atoms in total. The van der Waals surface area contributed by atoms with Crippen molar-refractivity contribution >= 4 is 29.1 Å². The van der Waals surface area contributed by atoms with Gasteiger partial charge in [-0.05, 0) is 17.7 Å². The first-order valence-electron chi connectivity index (χ1n) is 7.28. The average Bonchev–Trinajstić information content (AvgIpc) is 2.52. The third-order valence-electron chi connectivity index (χ3n) is 3.67. The highest BCUT2D eigenvalue weighted by atomic mass is 35.5. The molecule has 1 aromatic carbocycles. The molecule has 24 heavy (non-hydrogen) atoms. The summed E-state index contributed by atoms with van der Waals surface area (Å²) in [5.74, 6) is -0.421. The first-order valence-corrected chi connectivity index (χ1v) is 8.04. The number of aliphatic hydroxyl groups is 3. The van der Waals surface area contributed by atoms with Crippen molar-refractivity contribution < 1.29 is 29.6 Å². The summed E-state index contributed by atoms with van der Waals surface area (Å²) in [7, 11) is 0. The molecule has 9 heteroatoms. The van der Waals surface area contributed by atoms with Crippen LogP contribution in [0.1, 0.15) is 12.5 Å². The number of amides is 1. The van der Waals surface area contributed by atoms with Crippen molar-refractivity contribution in [3.63, 3.8) is 0 Å². The van der Waals surface area contributed by atoms with Gasteiger partial charge in [-0.15, -0.1) is 0 Å².